The Labute approximate surface area is 151 Å². The van der Waals surface area contributed by atoms with Gasteiger partial charge < -0.3 is 5.32 Å². The van der Waals surface area contributed by atoms with Gasteiger partial charge in [0, 0.05) is 23.6 Å². The highest BCUT2D eigenvalue weighted by Crippen LogP contribution is 2.21. The van der Waals surface area contributed by atoms with E-state index in [1.807, 2.05) is 72.9 Å². The molecule has 4 rings (SSSR count). The lowest BCUT2D eigenvalue weighted by molar-refractivity contribution is 0.102. The molecule has 0 spiro atoms. The summed E-state index contributed by atoms with van der Waals surface area (Å²) < 4.78 is 1.73. The molecule has 0 atom stereocenters. The van der Waals surface area contributed by atoms with E-state index in [0.29, 0.717) is 5.56 Å². The molecule has 0 radical (unpaired) electrons. The van der Waals surface area contributed by atoms with Crippen LogP contribution >= 0.6 is 0 Å². The third-order valence-electron chi connectivity index (χ3n) is 4.13. The third kappa shape index (κ3) is 3.39. The monoisotopic (exact) mass is 339 g/mol. The summed E-state index contributed by atoms with van der Waals surface area (Å²) in [6, 6.07) is 27.2. The van der Waals surface area contributed by atoms with Crippen molar-refractivity contribution in [3.8, 4) is 16.8 Å². The molecule has 126 valence electrons. The molecule has 0 bridgehead atoms. The summed E-state index contributed by atoms with van der Waals surface area (Å²) in [5.74, 6) is -0.147. The van der Waals surface area contributed by atoms with Gasteiger partial charge in [0.25, 0.3) is 5.91 Å². The van der Waals surface area contributed by atoms with Gasteiger partial charge in [-0.3, -0.25) is 4.79 Å². The van der Waals surface area contributed by atoms with Crippen molar-refractivity contribution >= 4 is 11.6 Å². The van der Waals surface area contributed by atoms with E-state index in [1.54, 1.807) is 16.9 Å². The molecule has 4 nitrogen and oxygen atoms in total. The molecule has 4 heteroatoms. The number of amides is 1. The van der Waals surface area contributed by atoms with Crippen LogP contribution in [0.5, 0.6) is 0 Å². The summed E-state index contributed by atoms with van der Waals surface area (Å²) in [4.78, 5) is 12.6. The van der Waals surface area contributed by atoms with Gasteiger partial charge in [0.1, 0.15) is 0 Å². The van der Waals surface area contributed by atoms with Crippen molar-refractivity contribution in [2.45, 2.75) is 0 Å². The van der Waals surface area contributed by atoms with Crippen molar-refractivity contribution in [2.75, 3.05) is 5.32 Å². The van der Waals surface area contributed by atoms with Crippen LogP contribution in [0.1, 0.15) is 10.4 Å². The van der Waals surface area contributed by atoms with Gasteiger partial charge in [0.05, 0.1) is 5.69 Å². The maximum Gasteiger partial charge on any atom is 0.255 e. The number of aromatic nitrogens is 2. The number of hydrogen-bond donors (Lipinski definition) is 1. The van der Waals surface area contributed by atoms with Gasteiger partial charge in [-0.2, -0.15) is 5.10 Å². The first-order chi connectivity index (χ1) is 12.8. The van der Waals surface area contributed by atoms with E-state index < -0.39 is 0 Å². The number of anilines is 1. The number of carbonyl (C=O) groups excluding carboxylic acids is 1. The second kappa shape index (κ2) is 7.07. The Bertz CT molecular complexity index is 1010. The average Bonchev–Trinajstić information content (AvgIpc) is 3.24. The minimum atomic E-state index is -0.147. The Balaban J connectivity index is 1.51. The molecular weight excluding hydrogens is 322 g/mol. The largest absolute Gasteiger partial charge is 0.322 e. The summed E-state index contributed by atoms with van der Waals surface area (Å²) in [6.45, 7) is 0. The van der Waals surface area contributed by atoms with Crippen LogP contribution in [-0.2, 0) is 0 Å². The first-order valence-corrected chi connectivity index (χ1v) is 8.36. The molecule has 1 amide bonds. The molecule has 0 fully saturated rings. The Morgan fingerprint density at radius 2 is 1.58 bits per heavy atom. The number of benzene rings is 3. The van der Waals surface area contributed by atoms with Gasteiger partial charge in [0.2, 0.25) is 0 Å². The standard InChI is InChI=1S/C22H17N3O/c26-22(19-8-4-9-21(16-19)25-15-5-14-23-25)24-20-12-10-18(11-13-20)17-6-2-1-3-7-17/h1-16H,(H,24,26). The van der Waals surface area contributed by atoms with E-state index in [9.17, 15) is 4.79 Å². The molecule has 1 aromatic heterocycles. The molecule has 3 aromatic carbocycles. The van der Waals surface area contributed by atoms with E-state index >= 15 is 0 Å². The predicted molar refractivity (Wildman–Crippen MR) is 103 cm³/mol. The molecule has 0 aliphatic rings. The smallest absolute Gasteiger partial charge is 0.255 e. The quantitative estimate of drug-likeness (QED) is 0.581. The van der Waals surface area contributed by atoms with Gasteiger partial charge in [-0.15, -0.1) is 0 Å². The van der Waals surface area contributed by atoms with Crippen LogP contribution < -0.4 is 5.32 Å². The van der Waals surface area contributed by atoms with Gasteiger partial charge in [-0.1, -0.05) is 48.5 Å². The van der Waals surface area contributed by atoms with Gasteiger partial charge in [-0.05, 0) is 47.5 Å². The Kier molecular flexibility index (Phi) is 4.31. The molecule has 26 heavy (non-hydrogen) atoms. The summed E-state index contributed by atoms with van der Waals surface area (Å²) in [5.41, 5.74) is 4.47. The van der Waals surface area contributed by atoms with E-state index in [-0.39, 0.29) is 5.91 Å². The molecule has 0 unspecified atom stereocenters. The van der Waals surface area contributed by atoms with Crippen LogP contribution in [0.2, 0.25) is 0 Å². The SMILES string of the molecule is O=C(Nc1ccc(-c2ccccc2)cc1)c1cccc(-n2cccn2)c1. The minimum absolute atomic E-state index is 0.147. The second-order valence-corrected chi connectivity index (χ2v) is 5.90. The van der Waals surface area contributed by atoms with Crippen molar-refractivity contribution in [3.63, 3.8) is 0 Å². The fraction of sp³-hybridized carbons (Fsp3) is 0. The van der Waals surface area contributed by atoms with Crippen molar-refractivity contribution in [1.82, 2.24) is 9.78 Å². The van der Waals surface area contributed by atoms with Crippen LogP contribution in [0.25, 0.3) is 16.8 Å². The van der Waals surface area contributed by atoms with Crippen molar-refractivity contribution in [2.24, 2.45) is 0 Å². The number of nitrogens with one attached hydrogen (secondary N) is 1. The minimum Gasteiger partial charge on any atom is -0.322 e. The van der Waals surface area contributed by atoms with Crippen LogP contribution in [0.4, 0.5) is 5.69 Å². The van der Waals surface area contributed by atoms with Crippen LogP contribution in [0.3, 0.4) is 0 Å². The van der Waals surface area contributed by atoms with Gasteiger partial charge in [-0.25, -0.2) is 4.68 Å². The van der Waals surface area contributed by atoms with Gasteiger partial charge in [0.15, 0.2) is 0 Å². The molecule has 1 heterocycles. The Hall–Kier alpha value is -3.66. The van der Waals surface area contributed by atoms with Crippen molar-refractivity contribution < 1.29 is 4.79 Å². The molecule has 4 aromatic rings. The zero-order chi connectivity index (χ0) is 17.8. The third-order valence-corrected chi connectivity index (χ3v) is 4.13. The maximum atomic E-state index is 12.6. The van der Waals surface area contributed by atoms with Crippen LogP contribution in [-0.4, -0.2) is 15.7 Å². The maximum absolute atomic E-state index is 12.6. The fourth-order valence-electron chi connectivity index (χ4n) is 2.79. The number of rotatable bonds is 4. The summed E-state index contributed by atoms with van der Waals surface area (Å²) in [7, 11) is 0. The highest BCUT2D eigenvalue weighted by Gasteiger charge is 2.08. The lowest BCUT2D eigenvalue weighted by Crippen LogP contribution is -2.12. The zero-order valence-corrected chi connectivity index (χ0v) is 14.0. The lowest BCUT2D eigenvalue weighted by Gasteiger charge is -2.08. The highest BCUT2D eigenvalue weighted by atomic mass is 16.1. The Morgan fingerprint density at radius 1 is 0.808 bits per heavy atom. The van der Waals surface area contributed by atoms with Crippen molar-refractivity contribution in [3.05, 3.63) is 103 Å². The highest BCUT2D eigenvalue weighted by molar-refractivity contribution is 6.04. The number of nitrogens with zero attached hydrogens (tertiary/aromatic N) is 2. The van der Waals surface area contributed by atoms with Gasteiger partial charge >= 0.3 is 0 Å². The summed E-state index contributed by atoms with van der Waals surface area (Å²) in [6.07, 6.45) is 3.56. The molecule has 1 N–H and O–H groups in total. The first kappa shape index (κ1) is 15.8. The molecule has 0 aliphatic carbocycles. The molecule has 0 saturated carbocycles. The lowest BCUT2D eigenvalue weighted by atomic mass is 10.1. The zero-order valence-electron chi connectivity index (χ0n) is 14.0. The molecule has 0 saturated heterocycles. The first-order valence-electron chi connectivity index (χ1n) is 8.36. The second-order valence-electron chi connectivity index (χ2n) is 5.90. The van der Waals surface area contributed by atoms with E-state index in [0.717, 1.165) is 22.5 Å². The molecule has 0 aliphatic heterocycles. The average molecular weight is 339 g/mol. The summed E-state index contributed by atoms with van der Waals surface area (Å²) >= 11 is 0. The summed E-state index contributed by atoms with van der Waals surface area (Å²) in [5, 5.41) is 7.14. The number of carbonyl (C=O) groups is 1. The molecular formula is C22H17N3O. The van der Waals surface area contributed by atoms with E-state index in [1.165, 1.54) is 0 Å². The number of hydrogen-bond acceptors (Lipinski definition) is 2. The predicted octanol–water partition coefficient (Wildman–Crippen LogP) is 4.79. The van der Waals surface area contributed by atoms with Crippen LogP contribution in [0.15, 0.2) is 97.3 Å². The van der Waals surface area contributed by atoms with Crippen LogP contribution in [0, 0.1) is 0 Å². The van der Waals surface area contributed by atoms with E-state index in [2.05, 4.69) is 22.5 Å². The normalized spacial score (nSPS) is 10.5. The topological polar surface area (TPSA) is 46.9 Å². The fourth-order valence-corrected chi connectivity index (χ4v) is 2.79. The van der Waals surface area contributed by atoms with Crippen molar-refractivity contribution in [1.29, 1.82) is 0 Å². The van der Waals surface area contributed by atoms with E-state index in [4.69, 9.17) is 0 Å². The Morgan fingerprint density at radius 3 is 2.31 bits per heavy atom.